The van der Waals surface area contributed by atoms with Crippen LogP contribution >= 0.6 is 0 Å². The summed E-state index contributed by atoms with van der Waals surface area (Å²) in [5.74, 6) is -1.01. The molecule has 0 aliphatic rings. The van der Waals surface area contributed by atoms with Gasteiger partial charge in [0.2, 0.25) is 5.91 Å². The fourth-order valence-corrected chi connectivity index (χ4v) is 5.32. The smallest absolute Gasteiger partial charge is 0.408 e. The Labute approximate surface area is 338 Å². The van der Waals surface area contributed by atoms with Gasteiger partial charge in [-0.15, -0.1) is 5.10 Å². The minimum atomic E-state index is -1.06. The molecule has 0 spiro atoms. The summed E-state index contributed by atoms with van der Waals surface area (Å²) in [6.07, 6.45) is 1.30. The van der Waals surface area contributed by atoms with Crippen molar-refractivity contribution >= 4 is 29.6 Å². The van der Waals surface area contributed by atoms with Crippen LogP contribution in [0.2, 0.25) is 0 Å². The summed E-state index contributed by atoms with van der Waals surface area (Å²) in [4.78, 5) is 51.7. The monoisotopic (exact) mass is 802 g/mol. The molecule has 0 fully saturated rings. The number of hydrogen-bond acceptors (Lipinski definition) is 12. The van der Waals surface area contributed by atoms with Crippen molar-refractivity contribution in [1.82, 2.24) is 36.3 Å². The number of nitrogens with zero attached hydrogens (tertiary/aromatic N) is 3. The van der Waals surface area contributed by atoms with E-state index in [-0.39, 0.29) is 38.3 Å². The number of ether oxygens (including phenoxy) is 4. The Morgan fingerprint density at radius 3 is 2.05 bits per heavy atom. The Hall–Kier alpha value is -6.04. The van der Waals surface area contributed by atoms with Gasteiger partial charge in [-0.3, -0.25) is 14.9 Å². The van der Waals surface area contributed by atoms with Gasteiger partial charge < -0.3 is 45.3 Å². The average Bonchev–Trinajstić information content (AvgIpc) is 3.67. The lowest BCUT2D eigenvalue weighted by Gasteiger charge is -2.23. The van der Waals surface area contributed by atoms with Gasteiger partial charge in [0.1, 0.15) is 29.1 Å². The number of para-hydroxylation sites is 1. The molecule has 4 rings (SSSR count). The number of anilines is 1. The molecule has 0 saturated heterocycles. The summed E-state index contributed by atoms with van der Waals surface area (Å²) in [6.45, 7) is 7.82. The van der Waals surface area contributed by atoms with Crippen LogP contribution in [0.5, 0.6) is 5.75 Å². The van der Waals surface area contributed by atoms with Gasteiger partial charge in [0.25, 0.3) is 5.91 Å². The first kappa shape index (κ1) is 44.7. The normalized spacial score (nSPS) is 12.2. The summed E-state index contributed by atoms with van der Waals surface area (Å²) in [7, 11) is 0. The van der Waals surface area contributed by atoms with Gasteiger partial charge in [0.05, 0.1) is 52.4 Å². The van der Waals surface area contributed by atoms with E-state index in [0.29, 0.717) is 45.3 Å². The standard InChI is InChI=1S/C41H54N8O9/c1-41(2,3)58-40(54)45-34(18-19-43-39(53)46-38(52)35(44-32-12-8-5-9-13-32)28-30-14-16-33(50)17-15-30)37(51)42-20-22-55-24-26-57-27-25-56-23-21-49-29-36(47-48-49)31-10-6-4-7-11-31/h4-17,29,34-35,44,50H,18-28H2,1-3H3,(H,42,51)(H,45,54)(H2,43,46,52,53)/t34-,35-/m0/s1. The number of phenolic OH excluding ortho intramolecular Hbond substituents is 1. The van der Waals surface area contributed by atoms with Crippen LogP contribution in [0.1, 0.15) is 32.8 Å². The molecule has 1 aromatic heterocycles. The number of amides is 5. The van der Waals surface area contributed by atoms with Gasteiger partial charge in [-0.25, -0.2) is 14.3 Å². The highest BCUT2D eigenvalue weighted by atomic mass is 16.6. The van der Waals surface area contributed by atoms with Crippen molar-refractivity contribution in [2.75, 3.05) is 58.0 Å². The predicted octanol–water partition coefficient (Wildman–Crippen LogP) is 3.65. The third-order valence-corrected chi connectivity index (χ3v) is 8.13. The van der Waals surface area contributed by atoms with Crippen LogP contribution in [0.3, 0.4) is 0 Å². The Morgan fingerprint density at radius 1 is 0.741 bits per heavy atom. The second-order valence-electron chi connectivity index (χ2n) is 14.0. The zero-order valence-electron chi connectivity index (χ0n) is 33.1. The van der Waals surface area contributed by atoms with Crippen molar-refractivity contribution in [3.63, 3.8) is 0 Å². The summed E-state index contributed by atoms with van der Waals surface area (Å²) in [5.41, 5.74) is 2.44. The Kier molecular flexibility index (Phi) is 18.4. The van der Waals surface area contributed by atoms with E-state index in [1.54, 1.807) is 49.7 Å². The van der Waals surface area contributed by atoms with E-state index in [2.05, 4.69) is 36.9 Å². The maximum absolute atomic E-state index is 13.2. The molecule has 6 N–H and O–H groups in total. The minimum absolute atomic E-state index is 0.00375. The van der Waals surface area contributed by atoms with Crippen molar-refractivity contribution in [1.29, 1.82) is 0 Å². The topological polar surface area (TPSA) is 216 Å². The number of urea groups is 1. The zero-order valence-corrected chi connectivity index (χ0v) is 33.1. The Balaban J connectivity index is 1.12. The van der Waals surface area contributed by atoms with Crippen molar-refractivity contribution in [2.45, 2.75) is 57.8 Å². The largest absolute Gasteiger partial charge is 0.508 e. The SMILES string of the molecule is CC(C)(C)OC(=O)N[C@@H](CCNC(=O)NC(=O)[C@H](Cc1ccc(O)cc1)Nc1ccccc1)C(=O)NCCOCCOCCOCCn1cc(-c2ccccc2)nn1. The van der Waals surface area contributed by atoms with E-state index in [9.17, 15) is 24.3 Å². The van der Waals surface area contributed by atoms with Gasteiger partial charge in [-0.2, -0.15) is 0 Å². The molecule has 17 nitrogen and oxygen atoms in total. The molecule has 58 heavy (non-hydrogen) atoms. The number of alkyl carbamates (subject to hydrolysis) is 1. The predicted molar refractivity (Wildman–Crippen MR) is 216 cm³/mol. The minimum Gasteiger partial charge on any atom is -0.508 e. The molecule has 0 aliphatic carbocycles. The van der Waals surface area contributed by atoms with Gasteiger partial charge in [0.15, 0.2) is 0 Å². The fraction of sp³-hybridized carbons (Fsp3) is 0.415. The number of imide groups is 1. The number of carbonyl (C=O) groups excluding carboxylic acids is 4. The fourth-order valence-electron chi connectivity index (χ4n) is 5.32. The van der Waals surface area contributed by atoms with Crippen LogP contribution in [0.15, 0.2) is 91.1 Å². The number of hydrogen-bond donors (Lipinski definition) is 6. The van der Waals surface area contributed by atoms with Crippen LogP contribution in [-0.4, -0.2) is 114 Å². The number of carbonyl (C=O) groups is 4. The quantitative estimate of drug-likeness (QED) is 0.0593. The molecular formula is C41H54N8O9. The third kappa shape index (κ3) is 17.4. The van der Waals surface area contributed by atoms with Crippen LogP contribution < -0.4 is 26.6 Å². The second-order valence-corrected chi connectivity index (χ2v) is 14.0. The molecule has 2 atom stereocenters. The number of nitrogens with one attached hydrogen (secondary N) is 5. The molecule has 312 valence electrons. The highest BCUT2D eigenvalue weighted by molar-refractivity contribution is 5.98. The van der Waals surface area contributed by atoms with E-state index in [4.69, 9.17) is 18.9 Å². The van der Waals surface area contributed by atoms with Crippen LogP contribution in [0, 0.1) is 0 Å². The molecule has 0 aliphatic heterocycles. The second kappa shape index (κ2) is 23.9. The number of rotatable bonds is 23. The maximum Gasteiger partial charge on any atom is 0.408 e. The third-order valence-electron chi connectivity index (χ3n) is 8.13. The molecule has 0 bridgehead atoms. The maximum atomic E-state index is 13.2. The molecule has 3 aromatic carbocycles. The molecule has 0 unspecified atom stereocenters. The zero-order chi connectivity index (χ0) is 41.6. The highest BCUT2D eigenvalue weighted by Crippen LogP contribution is 2.16. The first-order chi connectivity index (χ1) is 27.9. The summed E-state index contributed by atoms with van der Waals surface area (Å²) < 4.78 is 23.8. The van der Waals surface area contributed by atoms with Crippen molar-refractivity contribution in [2.24, 2.45) is 0 Å². The Morgan fingerprint density at radius 2 is 1.38 bits per heavy atom. The summed E-state index contributed by atoms with van der Waals surface area (Å²) in [6, 6.07) is 22.6. The Bertz CT molecular complexity index is 1840. The lowest BCUT2D eigenvalue weighted by Crippen LogP contribution is -2.51. The van der Waals surface area contributed by atoms with Crippen LogP contribution in [0.4, 0.5) is 15.3 Å². The van der Waals surface area contributed by atoms with Crippen LogP contribution in [0.25, 0.3) is 11.3 Å². The van der Waals surface area contributed by atoms with Crippen molar-refractivity contribution in [3.8, 4) is 17.0 Å². The van der Waals surface area contributed by atoms with Gasteiger partial charge in [-0.05, 0) is 57.0 Å². The van der Waals surface area contributed by atoms with Gasteiger partial charge in [0, 0.05) is 30.8 Å². The summed E-state index contributed by atoms with van der Waals surface area (Å²) in [5, 5.41) is 31.3. The first-order valence-corrected chi connectivity index (χ1v) is 19.1. The first-order valence-electron chi connectivity index (χ1n) is 19.1. The average molecular weight is 803 g/mol. The number of aromatic nitrogens is 3. The molecule has 4 aromatic rings. The number of aromatic hydroxyl groups is 1. The lowest BCUT2D eigenvalue weighted by molar-refractivity contribution is -0.123. The van der Waals surface area contributed by atoms with E-state index < -0.39 is 41.6 Å². The summed E-state index contributed by atoms with van der Waals surface area (Å²) >= 11 is 0. The molecule has 5 amide bonds. The number of benzene rings is 3. The van der Waals surface area contributed by atoms with Gasteiger partial charge >= 0.3 is 12.1 Å². The van der Waals surface area contributed by atoms with Crippen molar-refractivity contribution in [3.05, 3.63) is 96.7 Å². The van der Waals surface area contributed by atoms with Gasteiger partial charge in [-0.1, -0.05) is 65.9 Å². The molecule has 0 saturated carbocycles. The van der Waals surface area contributed by atoms with E-state index in [1.165, 1.54) is 12.1 Å². The van der Waals surface area contributed by atoms with Crippen molar-refractivity contribution < 1.29 is 43.2 Å². The molecule has 17 heteroatoms. The number of phenols is 1. The highest BCUT2D eigenvalue weighted by Gasteiger charge is 2.25. The molecule has 1 heterocycles. The lowest BCUT2D eigenvalue weighted by atomic mass is 10.0. The van der Waals surface area contributed by atoms with Crippen LogP contribution in [-0.2, 0) is 41.5 Å². The molecule has 0 radical (unpaired) electrons. The molecular weight excluding hydrogens is 748 g/mol. The van der Waals surface area contributed by atoms with E-state index in [1.807, 2.05) is 54.7 Å². The van der Waals surface area contributed by atoms with E-state index >= 15 is 0 Å². The van der Waals surface area contributed by atoms with E-state index in [0.717, 1.165) is 16.8 Å².